The average Bonchev–Trinajstić information content (AvgIpc) is 3.11. The Bertz CT molecular complexity index is 1780. The van der Waals surface area contributed by atoms with E-state index in [1.807, 2.05) is 91.0 Å². The summed E-state index contributed by atoms with van der Waals surface area (Å²) in [6.07, 6.45) is 0.351. The van der Waals surface area contributed by atoms with Crippen LogP contribution in [-0.4, -0.2) is 45.2 Å². The Morgan fingerprint density at radius 3 is 2.26 bits per heavy atom. The summed E-state index contributed by atoms with van der Waals surface area (Å²) in [6, 6.07) is 38.9. The van der Waals surface area contributed by atoms with Crippen molar-refractivity contribution >= 4 is 34.7 Å². The van der Waals surface area contributed by atoms with Crippen LogP contribution in [0, 0.1) is 0 Å². The van der Waals surface area contributed by atoms with Crippen LogP contribution in [-0.2, 0) is 22.5 Å². The van der Waals surface area contributed by atoms with Crippen molar-refractivity contribution in [1.29, 1.82) is 0 Å². The molecule has 0 heterocycles. The number of hydrogen-bond donors (Lipinski definition) is 1. The van der Waals surface area contributed by atoms with Crippen LogP contribution in [0.1, 0.15) is 27.0 Å². The van der Waals surface area contributed by atoms with Crippen LogP contribution in [0.5, 0.6) is 11.5 Å². The van der Waals surface area contributed by atoms with Crippen molar-refractivity contribution in [3.8, 4) is 11.5 Å². The molecule has 0 aliphatic carbocycles. The average molecular weight is 649 g/mol. The number of ketones is 1. The first-order chi connectivity index (χ1) is 22.9. The number of carbonyl (C=O) groups excluding carboxylic acids is 2. The number of hydrogen-bond acceptors (Lipinski definition) is 7. The number of para-hydroxylation sites is 1. The predicted octanol–water partition coefficient (Wildman–Crippen LogP) is 7.86. The quantitative estimate of drug-likeness (QED) is 0.0915. The minimum absolute atomic E-state index is 0.128. The molecular weight excluding hydrogens is 612 g/mol. The van der Waals surface area contributed by atoms with Crippen molar-refractivity contribution in [3.05, 3.63) is 155 Å². The van der Waals surface area contributed by atoms with Crippen LogP contribution in [0.3, 0.4) is 0 Å². The van der Waals surface area contributed by atoms with E-state index in [-0.39, 0.29) is 5.78 Å². The lowest BCUT2D eigenvalue weighted by Gasteiger charge is -2.25. The molecule has 0 aromatic heterocycles. The third-order valence-corrected chi connectivity index (χ3v) is 7.93. The van der Waals surface area contributed by atoms with Crippen LogP contribution in [0.25, 0.3) is 0 Å². The molecule has 1 N–H and O–H groups in total. The second-order valence-corrected chi connectivity index (χ2v) is 11.3. The third-order valence-electron chi connectivity index (χ3n) is 7.70. The molecule has 0 saturated carbocycles. The van der Waals surface area contributed by atoms with E-state index in [9.17, 15) is 9.59 Å². The van der Waals surface area contributed by atoms with Crippen LogP contribution < -0.4 is 19.7 Å². The maximum atomic E-state index is 13.2. The van der Waals surface area contributed by atoms with Crippen LogP contribution in [0.4, 0.5) is 11.4 Å². The molecule has 0 aliphatic heterocycles. The highest BCUT2D eigenvalue weighted by atomic mass is 35.5. The second-order valence-electron chi connectivity index (χ2n) is 10.9. The summed E-state index contributed by atoms with van der Waals surface area (Å²) < 4.78 is 16.7. The summed E-state index contributed by atoms with van der Waals surface area (Å²) >= 11 is 6.31. The molecule has 1 atom stereocenters. The molecule has 7 nitrogen and oxygen atoms in total. The number of benzene rings is 5. The number of methoxy groups -OCH3 is 2. The van der Waals surface area contributed by atoms with Gasteiger partial charge in [0, 0.05) is 40.5 Å². The predicted molar refractivity (Wildman–Crippen MR) is 187 cm³/mol. The first-order valence-corrected chi connectivity index (χ1v) is 15.7. The van der Waals surface area contributed by atoms with E-state index < -0.39 is 12.0 Å². The number of halogens is 1. The number of esters is 1. The lowest BCUT2D eigenvalue weighted by Crippen LogP contribution is -2.33. The van der Waals surface area contributed by atoms with Gasteiger partial charge in [-0.1, -0.05) is 84.4 Å². The fourth-order valence-electron chi connectivity index (χ4n) is 5.27. The Kier molecular flexibility index (Phi) is 11.5. The molecule has 47 heavy (non-hydrogen) atoms. The topological polar surface area (TPSA) is 77.1 Å². The standard InChI is InChI=1S/C39H37ClN2O5/c1-45-34-15-8-10-29(24-34)27-42(32-14-9-13-31(40)26-32)22-23-47-33-20-18-28(19-21-33)25-37(39(44)46-2)41-36-17-7-6-16-35(36)38(43)30-11-4-3-5-12-30/h3-21,24,26,37,41H,22-23,25,27H2,1-2H3/t37-/m0/s1. The van der Waals surface area contributed by atoms with E-state index in [0.29, 0.717) is 53.7 Å². The SMILES string of the molecule is COC(=O)[C@H](Cc1ccc(OCCN(Cc2cccc(OC)c2)c2cccc(Cl)c2)cc1)Nc1ccccc1C(=O)c1ccccc1. The van der Waals surface area contributed by atoms with Crippen molar-refractivity contribution in [2.24, 2.45) is 0 Å². The molecule has 240 valence electrons. The highest BCUT2D eigenvalue weighted by molar-refractivity contribution is 6.30. The Balaban J connectivity index is 1.23. The maximum Gasteiger partial charge on any atom is 0.328 e. The molecule has 0 fully saturated rings. The van der Waals surface area contributed by atoms with Gasteiger partial charge in [0.2, 0.25) is 0 Å². The zero-order valence-electron chi connectivity index (χ0n) is 26.4. The van der Waals surface area contributed by atoms with Gasteiger partial charge in [-0.15, -0.1) is 0 Å². The molecule has 5 rings (SSSR count). The fraction of sp³-hybridized carbons (Fsp3) is 0.179. The van der Waals surface area contributed by atoms with Crippen molar-refractivity contribution < 1.29 is 23.8 Å². The van der Waals surface area contributed by atoms with Crippen LogP contribution in [0.2, 0.25) is 5.02 Å². The maximum absolute atomic E-state index is 13.2. The van der Waals surface area contributed by atoms with Crippen LogP contribution >= 0.6 is 11.6 Å². The van der Waals surface area contributed by atoms with Gasteiger partial charge in [-0.2, -0.15) is 0 Å². The largest absolute Gasteiger partial charge is 0.497 e. The molecule has 0 aliphatic rings. The summed E-state index contributed by atoms with van der Waals surface area (Å²) in [5.41, 5.74) is 4.63. The van der Waals surface area contributed by atoms with Crippen molar-refractivity contribution in [3.63, 3.8) is 0 Å². The Labute approximate surface area is 280 Å². The third kappa shape index (κ3) is 9.15. The van der Waals surface area contributed by atoms with Crippen molar-refractivity contribution in [2.45, 2.75) is 19.0 Å². The monoisotopic (exact) mass is 648 g/mol. The normalized spacial score (nSPS) is 11.3. The summed E-state index contributed by atoms with van der Waals surface area (Å²) in [4.78, 5) is 28.3. The zero-order valence-corrected chi connectivity index (χ0v) is 27.2. The Hall–Kier alpha value is -5.27. The fourth-order valence-corrected chi connectivity index (χ4v) is 5.45. The Morgan fingerprint density at radius 2 is 1.51 bits per heavy atom. The molecule has 5 aromatic carbocycles. The molecule has 0 radical (unpaired) electrons. The van der Waals surface area contributed by atoms with E-state index >= 15 is 0 Å². The second kappa shape index (κ2) is 16.3. The lowest BCUT2D eigenvalue weighted by molar-refractivity contribution is -0.141. The van der Waals surface area contributed by atoms with Gasteiger partial charge in [-0.05, 0) is 65.7 Å². The smallest absolute Gasteiger partial charge is 0.328 e. The van der Waals surface area contributed by atoms with Gasteiger partial charge < -0.3 is 24.4 Å². The summed E-state index contributed by atoms with van der Waals surface area (Å²) in [7, 11) is 3.02. The van der Waals surface area contributed by atoms with Crippen molar-refractivity contribution in [1.82, 2.24) is 0 Å². The minimum Gasteiger partial charge on any atom is -0.497 e. The van der Waals surface area contributed by atoms with Gasteiger partial charge in [-0.3, -0.25) is 4.79 Å². The van der Waals surface area contributed by atoms with E-state index in [2.05, 4.69) is 16.3 Å². The van der Waals surface area contributed by atoms with E-state index in [4.69, 9.17) is 25.8 Å². The highest BCUT2D eigenvalue weighted by Crippen LogP contribution is 2.24. The molecule has 0 spiro atoms. The number of nitrogens with zero attached hydrogens (tertiary/aromatic N) is 1. The zero-order chi connectivity index (χ0) is 33.0. The number of rotatable bonds is 15. The first-order valence-electron chi connectivity index (χ1n) is 15.3. The molecule has 0 amide bonds. The number of ether oxygens (including phenoxy) is 3. The van der Waals surface area contributed by atoms with Gasteiger partial charge >= 0.3 is 5.97 Å². The highest BCUT2D eigenvalue weighted by Gasteiger charge is 2.23. The van der Waals surface area contributed by atoms with E-state index in [1.54, 1.807) is 37.4 Å². The first kappa shape index (κ1) is 33.1. The van der Waals surface area contributed by atoms with E-state index in [1.165, 1.54) is 7.11 Å². The van der Waals surface area contributed by atoms with Gasteiger partial charge in [0.25, 0.3) is 0 Å². The molecule has 5 aromatic rings. The number of carbonyl (C=O) groups is 2. The molecule has 0 unspecified atom stereocenters. The number of nitrogens with one attached hydrogen (secondary N) is 1. The summed E-state index contributed by atoms with van der Waals surface area (Å²) in [6.45, 7) is 1.71. The summed E-state index contributed by atoms with van der Waals surface area (Å²) in [5, 5.41) is 3.92. The number of anilines is 2. The lowest BCUT2D eigenvalue weighted by atomic mass is 10.00. The molecule has 0 saturated heterocycles. The van der Waals surface area contributed by atoms with Crippen molar-refractivity contribution in [2.75, 3.05) is 37.6 Å². The molecular formula is C39H37ClN2O5. The molecule has 8 heteroatoms. The summed E-state index contributed by atoms with van der Waals surface area (Å²) in [5.74, 6) is 0.961. The molecule has 0 bridgehead atoms. The minimum atomic E-state index is -0.709. The van der Waals surface area contributed by atoms with Crippen LogP contribution in [0.15, 0.2) is 127 Å². The Morgan fingerprint density at radius 1 is 0.766 bits per heavy atom. The van der Waals surface area contributed by atoms with Gasteiger partial charge in [0.05, 0.1) is 20.8 Å². The van der Waals surface area contributed by atoms with E-state index in [0.717, 1.165) is 22.6 Å². The van der Waals surface area contributed by atoms with Gasteiger partial charge in [0.15, 0.2) is 5.78 Å². The van der Waals surface area contributed by atoms with Gasteiger partial charge in [0.1, 0.15) is 24.1 Å². The van der Waals surface area contributed by atoms with Gasteiger partial charge in [-0.25, -0.2) is 4.79 Å².